The topological polar surface area (TPSA) is 95.9 Å². The van der Waals surface area contributed by atoms with Crippen LogP contribution in [0.3, 0.4) is 0 Å². The number of nitrogens with zero attached hydrogens (tertiary/aromatic N) is 1. The maximum absolute atomic E-state index is 11.8. The molecule has 2 amide bonds. The fraction of sp³-hybridized carbons (Fsp3) is 0.308. The maximum atomic E-state index is 11.8. The molecule has 7 heteroatoms. The lowest BCUT2D eigenvalue weighted by Crippen LogP contribution is -2.38. The van der Waals surface area contributed by atoms with Gasteiger partial charge in [0.15, 0.2) is 0 Å². The molecule has 0 fully saturated rings. The number of amides is 2. The minimum atomic E-state index is -0.891. The smallest absolute Gasteiger partial charge is 0.339 e. The number of esters is 1. The fourth-order valence-corrected chi connectivity index (χ4v) is 1.48. The molecule has 1 aromatic carbocycles. The Kier molecular flexibility index (Phi) is 5.67. The number of hydrogen-bond acceptors (Lipinski definition) is 5. The predicted octanol–water partition coefficient (Wildman–Crippen LogP) is -0.138. The number of benzene rings is 1. The normalized spacial score (nSPS) is 9.75. The monoisotopic (exact) mass is 280 g/mol. The van der Waals surface area contributed by atoms with Crippen LogP contribution in [-0.2, 0) is 14.3 Å². The summed E-state index contributed by atoms with van der Waals surface area (Å²) in [5.41, 5.74) is 0.344. The number of aliphatic hydroxyl groups excluding tert-OH is 1. The van der Waals surface area contributed by atoms with Gasteiger partial charge in [0.2, 0.25) is 0 Å². The van der Waals surface area contributed by atoms with Gasteiger partial charge in [-0.05, 0) is 12.1 Å². The van der Waals surface area contributed by atoms with Crippen molar-refractivity contribution < 1.29 is 24.2 Å². The second-order valence-electron chi connectivity index (χ2n) is 3.94. The van der Waals surface area contributed by atoms with Gasteiger partial charge in [-0.25, -0.2) is 4.79 Å². The number of ether oxygens (including phenoxy) is 1. The first-order valence-corrected chi connectivity index (χ1v) is 5.86. The maximum Gasteiger partial charge on any atom is 0.339 e. The Labute approximate surface area is 116 Å². The van der Waals surface area contributed by atoms with Gasteiger partial charge < -0.3 is 20.1 Å². The molecule has 0 heterocycles. The predicted molar refractivity (Wildman–Crippen MR) is 71.1 cm³/mol. The molecule has 0 aliphatic rings. The zero-order chi connectivity index (χ0) is 15.1. The van der Waals surface area contributed by atoms with Gasteiger partial charge in [0.05, 0.1) is 25.0 Å². The van der Waals surface area contributed by atoms with Gasteiger partial charge in [-0.15, -0.1) is 0 Å². The van der Waals surface area contributed by atoms with Crippen LogP contribution >= 0.6 is 0 Å². The summed E-state index contributed by atoms with van der Waals surface area (Å²) in [7, 11) is 2.62. The molecule has 1 rings (SSSR count). The number of likely N-dealkylation sites (N-methyl/N-ethyl adjacent to an activating group) is 1. The molecule has 0 saturated carbocycles. The Morgan fingerprint density at radius 3 is 2.55 bits per heavy atom. The molecule has 0 radical (unpaired) electrons. The molecular formula is C13H16N2O5. The summed E-state index contributed by atoms with van der Waals surface area (Å²) >= 11 is 0. The van der Waals surface area contributed by atoms with Crippen molar-refractivity contribution in [3.63, 3.8) is 0 Å². The zero-order valence-corrected chi connectivity index (χ0v) is 11.3. The van der Waals surface area contributed by atoms with Crippen LogP contribution in [0.4, 0.5) is 5.69 Å². The molecule has 0 aliphatic carbocycles. The van der Waals surface area contributed by atoms with Crippen LogP contribution in [0.1, 0.15) is 10.4 Å². The number of methoxy groups -OCH3 is 1. The van der Waals surface area contributed by atoms with Crippen molar-refractivity contribution in [3.05, 3.63) is 29.8 Å². The first kappa shape index (κ1) is 15.6. The first-order valence-electron chi connectivity index (χ1n) is 5.86. The van der Waals surface area contributed by atoms with Gasteiger partial charge in [0.25, 0.3) is 0 Å². The summed E-state index contributed by atoms with van der Waals surface area (Å²) in [4.78, 5) is 36.0. The molecule has 0 atom stereocenters. The number of anilines is 1. The van der Waals surface area contributed by atoms with E-state index in [-0.39, 0.29) is 24.4 Å². The van der Waals surface area contributed by atoms with Gasteiger partial charge in [0, 0.05) is 13.6 Å². The Morgan fingerprint density at radius 1 is 1.30 bits per heavy atom. The molecule has 0 aliphatic heterocycles. The van der Waals surface area contributed by atoms with E-state index >= 15 is 0 Å². The van der Waals surface area contributed by atoms with E-state index in [9.17, 15) is 14.4 Å². The second-order valence-corrected chi connectivity index (χ2v) is 3.94. The number of para-hydroxylation sites is 1. The zero-order valence-electron chi connectivity index (χ0n) is 11.3. The molecular weight excluding hydrogens is 264 g/mol. The second kappa shape index (κ2) is 7.25. The molecule has 0 bridgehead atoms. The van der Waals surface area contributed by atoms with Crippen molar-refractivity contribution in [2.24, 2.45) is 0 Å². The lowest BCUT2D eigenvalue weighted by Gasteiger charge is -2.15. The lowest BCUT2D eigenvalue weighted by molar-refractivity contribution is -0.142. The van der Waals surface area contributed by atoms with Gasteiger partial charge in [-0.2, -0.15) is 0 Å². The molecule has 0 unspecified atom stereocenters. The van der Waals surface area contributed by atoms with Crippen LogP contribution in [0.25, 0.3) is 0 Å². The average molecular weight is 280 g/mol. The third-order valence-electron chi connectivity index (χ3n) is 2.56. The van der Waals surface area contributed by atoms with E-state index in [0.717, 1.165) is 4.90 Å². The number of hydrogen-bond donors (Lipinski definition) is 2. The standard InChI is InChI=1S/C13H16N2O5/c1-15(7-8-16)12(18)11(17)14-10-6-4-3-5-9(10)13(19)20-2/h3-6,16H,7-8H2,1-2H3,(H,14,17). The highest BCUT2D eigenvalue weighted by atomic mass is 16.5. The van der Waals surface area contributed by atoms with Crippen LogP contribution in [-0.4, -0.2) is 55.1 Å². The van der Waals surface area contributed by atoms with E-state index in [1.54, 1.807) is 12.1 Å². The minimum Gasteiger partial charge on any atom is -0.465 e. The van der Waals surface area contributed by atoms with Crippen molar-refractivity contribution in [3.8, 4) is 0 Å². The van der Waals surface area contributed by atoms with E-state index in [4.69, 9.17) is 5.11 Å². The Morgan fingerprint density at radius 2 is 1.95 bits per heavy atom. The van der Waals surface area contributed by atoms with Crippen LogP contribution in [0.15, 0.2) is 24.3 Å². The van der Waals surface area contributed by atoms with Crippen LogP contribution in [0.5, 0.6) is 0 Å². The van der Waals surface area contributed by atoms with Gasteiger partial charge in [0.1, 0.15) is 0 Å². The van der Waals surface area contributed by atoms with Crippen LogP contribution < -0.4 is 5.32 Å². The molecule has 0 saturated heterocycles. The largest absolute Gasteiger partial charge is 0.465 e. The molecule has 0 spiro atoms. The highest BCUT2D eigenvalue weighted by Gasteiger charge is 2.20. The average Bonchev–Trinajstić information content (AvgIpc) is 2.46. The highest BCUT2D eigenvalue weighted by molar-refractivity contribution is 6.39. The van der Waals surface area contributed by atoms with Crippen molar-refractivity contribution in [1.82, 2.24) is 4.90 Å². The van der Waals surface area contributed by atoms with E-state index in [1.165, 1.54) is 26.3 Å². The summed E-state index contributed by atoms with van der Waals surface area (Å²) in [6, 6.07) is 6.19. The van der Waals surface area contributed by atoms with Crippen molar-refractivity contribution >= 4 is 23.5 Å². The summed E-state index contributed by atoms with van der Waals surface area (Å²) < 4.78 is 4.59. The third-order valence-corrected chi connectivity index (χ3v) is 2.56. The summed E-state index contributed by atoms with van der Waals surface area (Å²) in [5.74, 6) is -2.31. The van der Waals surface area contributed by atoms with E-state index in [0.29, 0.717) is 0 Å². The highest BCUT2D eigenvalue weighted by Crippen LogP contribution is 2.16. The van der Waals surface area contributed by atoms with Crippen LogP contribution in [0.2, 0.25) is 0 Å². The molecule has 1 aromatic rings. The minimum absolute atomic E-state index is 0.0465. The molecule has 108 valence electrons. The summed E-state index contributed by atoms with van der Waals surface area (Å²) in [6.45, 7) is -0.195. The van der Waals surface area contributed by atoms with E-state index < -0.39 is 17.8 Å². The summed E-state index contributed by atoms with van der Waals surface area (Å²) in [6.07, 6.45) is 0. The number of nitrogens with one attached hydrogen (secondary N) is 1. The number of carbonyl (C=O) groups excluding carboxylic acids is 3. The Balaban J connectivity index is 2.86. The van der Waals surface area contributed by atoms with Gasteiger partial charge in [-0.3, -0.25) is 9.59 Å². The van der Waals surface area contributed by atoms with Gasteiger partial charge >= 0.3 is 17.8 Å². The number of aliphatic hydroxyl groups is 1. The van der Waals surface area contributed by atoms with Crippen molar-refractivity contribution in [2.75, 3.05) is 32.6 Å². The third kappa shape index (κ3) is 3.79. The molecule has 2 N–H and O–H groups in total. The quantitative estimate of drug-likeness (QED) is 0.591. The number of carbonyl (C=O) groups is 3. The summed E-state index contributed by atoms with van der Waals surface area (Å²) in [5, 5.41) is 11.1. The molecule has 20 heavy (non-hydrogen) atoms. The molecule has 0 aromatic heterocycles. The van der Waals surface area contributed by atoms with Crippen LogP contribution in [0, 0.1) is 0 Å². The first-order chi connectivity index (χ1) is 9.51. The lowest BCUT2D eigenvalue weighted by atomic mass is 10.2. The van der Waals surface area contributed by atoms with Crippen molar-refractivity contribution in [1.29, 1.82) is 0 Å². The van der Waals surface area contributed by atoms with E-state index in [2.05, 4.69) is 10.1 Å². The molecule has 7 nitrogen and oxygen atoms in total. The van der Waals surface area contributed by atoms with Crippen molar-refractivity contribution in [2.45, 2.75) is 0 Å². The number of rotatable bonds is 4. The Hall–Kier alpha value is -2.41. The Bertz CT molecular complexity index is 515. The van der Waals surface area contributed by atoms with Gasteiger partial charge in [-0.1, -0.05) is 12.1 Å². The van der Waals surface area contributed by atoms with E-state index in [1.807, 2.05) is 0 Å². The SMILES string of the molecule is COC(=O)c1ccccc1NC(=O)C(=O)N(C)CCO. The fourth-order valence-electron chi connectivity index (χ4n) is 1.48.